The number of hydrogen-bond acceptors (Lipinski definition) is 2. The van der Waals surface area contributed by atoms with E-state index in [2.05, 4.69) is 41.7 Å². The quantitative estimate of drug-likeness (QED) is 0.910. The van der Waals surface area contributed by atoms with Crippen molar-refractivity contribution in [3.63, 3.8) is 0 Å². The number of rotatable bonds is 3. The molecule has 0 bridgehead atoms. The molecular weight excluding hydrogens is 254 g/mol. The second kappa shape index (κ2) is 5.08. The van der Waals surface area contributed by atoms with E-state index in [0.29, 0.717) is 0 Å². The van der Waals surface area contributed by atoms with Crippen molar-refractivity contribution in [2.24, 2.45) is 5.41 Å². The Labute approximate surface area is 99.9 Å². The first-order chi connectivity index (χ1) is 6.88. The summed E-state index contributed by atoms with van der Waals surface area (Å²) in [7, 11) is 0. The number of pyridine rings is 1. The SMILES string of the molecule is CC(C)(C)CCC(O)c1ccc(Br)cn1. The maximum absolute atomic E-state index is 9.90. The monoisotopic (exact) mass is 271 g/mol. The van der Waals surface area contributed by atoms with Gasteiger partial charge in [-0.05, 0) is 46.3 Å². The van der Waals surface area contributed by atoms with Crippen molar-refractivity contribution in [3.8, 4) is 0 Å². The van der Waals surface area contributed by atoms with E-state index >= 15 is 0 Å². The summed E-state index contributed by atoms with van der Waals surface area (Å²) in [4.78, 5) is 4.18. The lowest BCUT2D eigenvalue weighted by Crippen LogP contribution is -2.09. The number of aliphatic hydroxyl groups excluding tert-OH is 1. The van der Waals surface area contributed by atoms with E-state index in [1.165, 1.54) is 0 Å². The van der Waals surface area contributed by atoms with Crippen molar-refractivity contribution in [1.29, 1.82) is 0 Å². The fourth-order valence-electron chi connectivity index (χ4n) is 1.30. The molecular formula is C12H18BrNO. The van der Waals surface area contributed by atoms with Gasteiger partial charge in [-0.15, -0.1) is 0 Å². The molecule has 1 unspecified atom stereocenters. The molecule has 0 saturated carbocycles. The molecule has 3 heteroatoms. The van der Waals surface area contributed by atoms with E-state index in [0.717, 1.165) is 23.0 Å². The van der Waals surface area contributed by atoms with E-state index in [-0.39, 0.29) is 5.41 Å². The molecule has 0 saturated heterocycles. The summed E-state index contributed by atoms with van der Waals surface area (Å²) >= 11 is 3.32. The Morgan fingerprint density at radius 3 is 2.53 bits per heavy atom. The van der Waals surface area contributed by atoms with E-state index in [1.807, 2.05) is 12.1 Å². The average Bonchev–Trinajstić information content (AvgIpc) is 2.14. The summed E-state index contributed by atoms with van der Waals surface area (Å²) in [6.07, 6.45) is 3.02. The first kappa shape index (κ1) is 12.7. The van der Waals surface area contributed by atoms with Crippen LogP contribution in [0.4, 0.5) is 0 Å². The topological polar surface area (TPSA) is 33.1 Å². The minimum absolute atomic E-state index is 0.260. The van der Waals surface area contributed by atoms with E-state index < -0.39 is 6.10 Å². The molecule has 2 nitrogen and oxygen atoms in total. The van der Waals surface area contributed by atoms with Crippen LogP contribution in [0, 0.1) is 5.41 Å². The molecule has 0 aliphatic rings. The van der Waals surface area contributed by atoms with Crippen molar-refractivity contribution >= 4 is 15.9 Å². The highest BCUT2D eigenvalue weighted by Crippen LogP contribution is 2.26. The van der Waals surface area contributed by atoms with E-state index in [9.17, 15) is 5.11 Å². The first-order valence-corrected chi connectivity index (χ1v) is 5.97. The molecule has 0 spiro atoms. The number of halogens is 1. The smallest absolute Gasteiger partial charge is 0.0960 e. The molecule has 0 fully saturated rings. The third-order valence-electron chi connectivity index (χ3n) is 2.26. The maximum Gasteiger partial charge on any atom is 0.0960 e. The summed E-state index contributed by atoms with van der Waals surface area (Å²) in [5.41, 5.74) is 1.01. The van der Waals surface area contributed by atoms with Crippen molar-refractivity contribution in [2.45, 2.75) is 39.7 Å². The Morgan fingerprint density at radius 2 is 2.07 bits per heavy atom. The highest BCUT2D eigenvalue weighted by molar-refractivity contribution is 9.10. The number of hydrogen-bond donors (Lipinski definition) is 1. The van der Waals surface area contributed by atoms with Gasteiger partial charge in [0.1, 0.15) is 0 Å². The van der Waals surface area contributed by atoms with Crippen LogP contribution < -0.4 is 0 Å². The van der Waals surface area contributed by atoms with Gasteiger partial charge in [-0.3, -0.25) is 4.98 Å². The highest BCUT2D eigenvalue weighted by Gasteiger charge is 2.15. The summed E-state index contributed by atoms with van der Waals surface area (Å²) in [5.74, 6) is 0. The van der Waals surface area contributed by atoms with Gasteiger partial charge in [0.2, 0.25) is 0 Å². The van der Waals surface area contributed by atoms with Crippen LogP contribution >= 0.6 is 15.9 Å². The van der Waals surface area contributed by atoms with Crippen LogP contribution in [0.15, 0.2) is 22.8 Å². The predicted molar refractivity (Wildman–Crippen MR) is 65.6 cm³/mol. The molecule has 0 aliphatic heterocycles. The number of aromatic nitrogens is 1. The van der Waals surface area contributed by atoms with Crippen molar-refractivity contribution in [3.05, 3.63) is 28.5 Å². The Bertz CT molecular complexity index is 302. The standard InChI is InChI=1S/C12H18BrNO/c1-12(2,3)7-6-11(15)10-5-4-9(13)8-14-10/h4-5,8,11,15H,6-7H2,1-3H3. The number of aliphatic hydroxyl groups is 1. The van der Waals surface area contributed by atoms with Gasteiger partial charge >= 0.3 is 0 Å². The van der Waals surface area contributed by atoms with Crippen LogP contribution in [0.2, 0.25) is 0 Å². The van der Waals surface area contributed by atoms with E-state index in [4.69, 9.17) is 0 Å². The lowest BCUT2D eigenvalue weighted by molar-refractivity contribution is 0.143. The molecule has 0 aliphatic carbocycles. The molecule has 15 heavy (non-hydrogen) atoms. The summed E-state index contributed by atoms with van der Waals surface area (Å²) in [5, 5.41) is 9.90. The van der Waals surface area contributed by atoms with Gasteiger partial charge in [0.25, 0.3) is 0 Å². The molecule has 1 N–H and O–H groups in total. The molecule has 84 valence electrons. The lowest BCUT2D eigenvalue weighted by Gasteiger charge is -2.20. The second-order valence-corrected chi connectivity index (χ2v) is 5.93. The van der Waals surface area contributed by atoms with Gasteiger partial charge in [-0.2, -0.15) is 0 Å². The minimum Gasteiger partial charge on any atom is -0.387 e. The Balaban J connectivity index is 2.54. The molecule has 1 heterocycles. The van der Waals surface area contributed by atoms with Crippen LogP contribution in [0.1, 0.15) is 45.4 Å². The third-order valence-corrected chi connectivity index (χ3v) is 2.73. The lowest BCUT2D eigenvalue weighted by atomic mass is 9.89. The van der Waals surface area contributed by atoms with Gasteiger partial charge in [0.15, 0.2) is 0 Å². The molecule has 1 atom stereocenters. The largest absolute Gasteiger partial charge is 0.387 e. The van der Waals surface area contributed by atoms with Gasteiger partial charge in [0.05, 0.1) is 11.8 Å². The zero-order chi connectivity index (χ0) is 11.5. The first-order valence-electron chi connectivity index (χ1n) is 5.18. The van der Waals surface area contributed by atoms with Crippen molar-refractivity contribution < 1.29 is 5.11 Å². The zero-order valence-corrected chi connectivity index (χ0v) is 11.1. The molecule has 1 aromatic rings. The van der Waals surface area contributed by atoms with Crippen LogP contribution in [0.3, 0.4) is 0 Å². The Hall–Kier alpha value is -0.410. The predicted octanol–water partition coefficient (Wildman–Crippen LogP) is 3.70. The molecule has 1 aromatic heterocycles. The minimum atomic E-state index is -0.447. The maximum atomic E-state index is 9.90. The molecule has 0 amide bonds. The van der Waals surface area contributed by atoms with Crippen LogP contribution in [-0.2, 0) is 0 Å². The van der Waals surface area contributed by atoms with Gasteiger partial charge in [0, 0.05) is 10.7 Å². The van der Waals surface area contributed by atoms with Crippen molar-refractivity contribution in [1.82, 2.24) is 4.98 Å². The number of nitrogens with zero attached hydrogens (tertiary/aromatic N) is 1. The van der Waals surface area contributed by atoms with Crippen LogP contribution in [-0.4, -0.2) is 10.1 Å². The molecule has 1 rings (SSSR count). The Kier molecular flexibility index (Phi) is 4.29. The fraction of sp³-hybridized carbons (Fsp3) is 0.583. The molecule has 0 aromatic carbocycles. The fourth-order valence-corrected chi connectivity index (χ4v) is 1.54. The summed E-state index contributed by atoms with van der Waals surface area (Å²) in [6.45, 7) is 6.53. The second-order valence-electron chi connectivity index (χ2n) is 5.02. The van der Waals surface area contributed by atoms with Crippen molar-refractivity contribution in [2.75, 3.05) is 0 Å². The zero-order valence-electron chi connectivity index (χ0n) is 9.50. The Morgan fingerprint density at radius 1 is 1.40 bits per heavy atom. The van der Waals surface area contributed by atoms with Gasteiger partial charge < -0.3 is 5.11 Å². The summed E-state index contributed by atoms with van der Waals surface area (Å²) < 4.78 is 0.939. The normalized spacial score (nSPS) is 13.9. The van der Waals surface area contributed by atoms with Crippen LogP contribution in [0.5, 0.6) is 0 Å². The highest BCUT2D eigenvalue weighted by atomic mass is 79.9. The van der Waals surface area contributed by atoms with E-state index in [1.54, 1.807) is 6.20 Å². The average molecular weight is 272 g/mol. The van der Waals surface area contributed by atoms with Crippen LogP contribution in [0.25, 0.3) is 0 Å². The third kappa shape index (κ3) is 4.76. The molecule has 0 radical (unpaired) electrons. The van der Waals surface area contributed by atoms with Gasteiger partial charge in [-0.25, -0.2) is 0 Å². The van der Waals surface area contributed by atoms with Gasteiger partial charge in [-0.1, -0.05) is 20.8 Å². The summed E-state index contributed by atoms with van der Waals surface area (Å²) in [6, 6.07) is 3.76.